The van der Waals surface area contributed by atoms with Crippen LogP contribution in [0.25, 0.3) is 0 Å². The van der Waals surface area contributed by atoms with Crippen LogP contribution in [0.3, 0.4) is 0 Å². The maximum absolute atomic E-state index is 10.3. The SMILES string of the molecule is CC.CC(=O)OCCCN(C)C(=O)O. The van der Waals surface area contributed by atoms with E-state index >= 15 is 0 Å². The van der Waals surface area contributed by atoms with Gasteiger partial charge in [0.2, 0.25) is 0 Å². The molecule has 5 nitrogen and oxygen atoms in total. The lowest BCUT2D eigenvalue weighted by molar-refractivity contribution is -0.141. The monoisotopic (exact) mass is 205 g/mol. The van der Waals surface area contributed by atoms with Gasteiger partial charge in [-0.05, 0) is 6.42 Å². The lowest BCUT2D eigenvalue weighted by Gasteiger charge is -2.11. The quantitative estimate of drug-likeness (QED) is 0.559. The Morgan fingerprint density at radius 2 is 1.86 bits per heavy atom. The van der Waals surface area contributed by atoms with Gasteiger partial charge in [0.25, 0.3) is 0 Å². The number of hydrogen-bond donors (Lipinski definition) is 1. The highest BCUT2D eigenvalue weighted by Gasteiger charge is 2.03. The van der Waals surface area contributed by atoms with Crippen molar-refractivity contribution < 1.29 is 19.4 Å². The van der Waals surface area contributed by atoms with E-state index in [9.17, 15) is 9.59 Å². The lowest BCUT2D eigenvalue weighted by atomic mass is 10.4. The number of esters is 1. The largest absolute Gasteiger partial charge is 0.466 e. The van der Waals surface area contributed by atoms with Crippen molar-refractivity contribution in [3.05, 3.63) is 0 Å². The molecule has 14 heavy (non-hydrogen) atoms. The number of carboxylic acid groups (broad SMARTS) is 1. The molecular formula is C9H19NO4. The van der Waals surface area contributed by atoms with Crippen molar-refractivity contribution in [3.8, 4) is 0 Å². The molecule has 0 aliphatic rings. The van der Waals surface area contributed by atoms with Gasteiger partial charge in [-0.25, -0.2) is 4.79 Å². The zero-order valence-corrected chi connectivity index (χ0v) is 9.24. The van der Waals surface area contributed by atoms with Crippen molar-refractivity contribution >= 4 is 12.1 Å². The molecule has 0 saturated heterocycles. The van der Waals surface area contributed by atoms with Crippen LogP contribution in [0.5, 0.6) is 0 Å². The van der Waals surface area contributed by atoms with Gasteiger partial charge in [-0.3, -0.25) is 4.79 Å². The number of nitrogens with zero attached hydrogens (tertiary/aromatic N) is 1. The Morgan fingerprint density at radius 1 is 1.36 bits per heavy atom. The summed E-state index contributed by atoms with van der Waals surface area (Å²) in [5.41, 5.74) is 0. The molecule has 0 bridgehead atoms. The number of carbonyl (C=O) groups excluding carboxylic acids is 1. The first kappa shape index (κ1) is 15.2. The van der Waals surface area contributed by atoms with Crippen molar-refractivity contribution in [2.24, 2.45) is 0 Å². The minimum absolute atomic E-state index is 0.271. The second-order valence-corrected chi connectivity index (χ2v) is 2.40. The molecule has 0 rings (SSSR count). The molecule has 5 heteroatoms. The fraction of sp³-hybridized carbons (Fsp3) is 0.778. The van der Waals surface area contributed by atoms with Gasteiger partial charge in [-0.1, -0.05) is 13.8 Å². The van der Waals surface area contributed by atoms with E-state index in [0.717, 1.165) is 4.90 Å². The van der Waals surface area contributed by atoms with Crippen LogP contribution in [0.4, 0.5) is 4.79 Å². The molecule has 0 aromatic heterocycles. The molecule has 0 fully saturated rings. The standard InChI is InChI=1S/C7H13NO4.C2H6/c1-6(9)12-5-3-4-8(2)7(10)11;1-2/h3-5H2,1-2H3,(H,10,11);1-2H3. The van der Waals surface area contributed by atoms with E-state index < -0.39 is 6.09 Å². The maximum Gasteiger partial charge on any atom is 0.407 e. The summed E-state index contributed by atoms with van der Waals surface area (Å²) >= 11 is 0. The first-order valence-corrected chi connectivity index (χ1v) is 4.61. The molecule has 0 unspecified atom stereocenters. The zero-order chi connectivity index (χ0) is 11.6. The second-order valence-electron chi connectivity index (χ2n) is 2.40. The summed E-state index contributed by atoms with van der Waals surface area (Å²) in [6, 6.07) is 0. The fourth-order valence-corrected chi connectivity index (χ4v) is 0.613. The van der Waals surface area contributed by atoms with Crippen LogP contribution in [0.1, 0.15) is 27.2 Å². The van der Waals surface area contributed by atoms with Gasteiger partial charge in [0.15, 0.2) is 0 Å². The molecule has 0 aliphatic heterocycles. The van der Waals surface area contributed by atoms with Crippen LogP contribution in [0.2, 0.25) is 0 Å². The minimum Gasteiger partial charge on any atom is -0.466 e. The molecule has 0 atom stereocenters. The van der Waals surface area contributed by atoms with Crippen LogP contribution in [-0.2, 0) is 9.53 Å². The first-order valence-electron chi connectivity index (χ1n) is 4.61. The van der Waals surface area contributed by atoms with Crippen LogP contribution >= 0.6 is 0 Å². The summed E-state index contributed by atoms with van der Waals surface area (Å²) in [4.78, 5) is 21.7. The summed E-state index contributed by atoms with van der Waals surface area (Å²) in [5, 5.41) is 8.41. The maximum atomic E-state index is 10.3. The van der Waals surface area contributed by atoms with E-state index in [0.29, 0.717) is 13.0 Å². The number of amides is 1. The average molecular weight is 205 g/mol. The lowest BCUT2D eigenvalue weighted by Crippen LogP contribution is -2.26. The van der Waals surface area contributed by atoms with Crippen LogP contribution in [-0.4, -0.2) is 42.3 Å². The van der Waals surface area contributed by atoms with Crippen LogP contribution in [0, 0.1) is 0 Å². The molecule has 0 saturated carbocycles. The van der Waals surface area contributed by atoms with Crippen molar-refractivity contribution in [2.75, 3.05) is 20.2 Å². The van der Waals surface area contributed by atoms with Gasteiger partial charge < -0.3 is 14.7 Å². The van der Waals surface area contributed by atoms with Crippen molar-refractivity contribution in [1.29, 1.82) is 0 Å². The number of hydrogen-bond acceptors (Lipinski definition) is 3. The molecule has 0 aromatic carbocycles. The highest BCUT2D eigenvalue weighted by molar-refractivity contribution is 5.66. The van der Waals surface area contributed by atoms with Crippen molar-refractivity contribution in [1.82, 2.24) is 4.90 Å². The molecule has 1 N–H and O–H groups in total. The summed E-state index contributed by atoms with van der Waals surface area (Å²) in [7, 11) is 1.47. The van der Waals surface area contributed by atoms with Crippen LogP contribution in [0.15, 0.2) is 0 Å². The minimum atomic E-state index is -0.974. The number of ether oxygens (including phenoxy) is 1. The molecule has 0 radical (unpaired) electrons. The van der Waals surface area contributed by atoms with Crippen molar-refractivity contribution in [2.45, 2.75) is 27.2 Å². The third-order valence-corrected chi connectivity index (χ3v) is 1.27. The third-order valence-electron chi connectivity index (χ3n) is 1.27. The Labute approximate surface area is 84.7 Å². The molecule has 0 aromatic rings. The normalized spacial score (nSPS) is 8.29. The summed E-state index contributed by atoms with van der Waals surface area (Å²) in [6.07, 6.45) is -0.444. The topological polar surface area (TPSA) is 66.8 Å². The zero-order valence-electron chi connectivity index (χ0n) is 9.24. The Hall–Kier alpha value is -1.26. The average Bonchev–Trinajstić information content (AvgIpc) is 2.15. The van der Waals surface area contributed by atoms with Gasteiger partial charge in [0.05, 0.1) is 6.61 Å². The molecular weight excluding hydrogens is 186 g/mol. The Bertz CT molecular complexity index is 170. The van der Waals surface area contributed by atoms with E-state index in [1.54, 1.807) is 0 Å². The smallest absolute Gasteiger partial charge is 0.407 e. The van der Waals surface area contributed by atoms with Gasteiger partial charge in [-0.15, -0.1) is 0 Å². The molecule has 0 spiro atoms. The van der Waals surface area contributed by atoms with Gasteiger partial charge in [0.1, 0.15) is 0 Å². The van der Waals surface area contributed by atoms with Crippen molar-refractivity contribution in [3.63, 3.8) is 0 Å². The highest BCUT2D eigenvalue weighted by Crippen LogP contribution is 1.89. The summed E-state index contributed by atoms with van der Waals surface area (Å²) in [6.45, 7) is 5.97. The third kappa shape index (κ3) is 10.7. The number of carbonyl (C=O) groups is 2. The first-order chi connectivity index (χ1) is 6.54. The molecule has 1 amide bonds. The Balaban J connectivity index is 0. The number of rotatable bonds is 4. The van der Waals surface area contributed by atoms with Crippen LogP contribution < -0.4 is 0 Å². The second kappa shape index (κ2) is 9.83. The van der Waals surface area contributed by atoms with Gasteiger partial charge in [0, 0.05) is 20.5 Å². The molecule has 84 valence electrons. The molecule has 0 aliphatic carbocycles. The Morgan fingerprint density at radius 3 is 2.21 bits per heavy atom. The van der Waals surface area contributed by atoms with Gasteiger partial charge >= 0.3 is 12.1 Å². The van der Waals surface area contributed by atoms with E-state index in [1.807, 2.05) is 13.8 Å². The van der Waals surface area contributed by atoms with E-state index in [1.165, 1.54) is 14.0 Å². The van der Waals surface area contributed by atoms with E-state index in [4.69, 9.17) is 5.11 Å². The molecule has 0 heterocycles. The summed E-state index contributed by atoms with van der Waals surface area (Å²) < 4.78 is 4.61. The highest BCUT2D eigenvalue weighted by atomic mass is 16.5. The summed E-state index contributed by atoms with van der Waals surface area (Å²) in [5.74, 6) is -0.340. The van der Waals surface area contributed by atoms with Gasteiger partial charge in [-0.2, -0.15) is 0 Å². The van der Waals surface area contributed by atoms with E-state index in [-0.39, 0.29) is 12.6 Å². The predicted octanol–water partition coefficient (Wildman–Crippen LogP) is 1.58. The Kier molecular flexibility index (Phi) is 10.7. The predicted molar refractivity (Wildman–Crippen MR) is 53.3 cm³/mol. The van der Waals surface area contributed by atoms with E-state index in [2.05, 4.69) is 4.74 Å². The fourth-order valence-electron chi connectivity index (χ4n) is 0.613.